The topological polar surface area (TPSA) is 89.8 Å². The van der Waals surface area contributed by atoms with E-state index in [4.69, 9.17) is 11.6 Å². The maximum Gasteiger partial charge on any atom is 0.153 e. The molecule has 5 atom stereocenters. The molecule has 0 aromatic carbocycles. The molecule has 0 aromatic heterocycles. The van der Waals surface area contributed by atoms with Gasteiger partial charge in [-0.15, -0.1) is 11.6 Å². The van der Waals surface area contributed by atoms with Crippen LogP contribution in [0.4, 0.5) is 0 Å². The molecule has 3 rings (SSSR count). The Morgan fingerprint density at radius 3 is 2.16 bits per heavy atom. The average molecular weight is 472 g/mol. The van der Waals surface area contributed by atoms with Gasteiger partial charge in [0.15, 0.2) is 5.78 Å². The molecule has 186 valence electrons. The van der Waals surface area contributed by atoms with Crippen LogP contribution in [0.3, 0.4) is 0 Å². The zero-order chi connectivity index (χ0) is 23.7. The third kappa shape index (κ3) is 6.07. The number of ketones is 1. The number of hydrogen-bond donors (Lipinski definition) is 4. The molecular formula is C26H46ClNO4. The second-order valence-corrected chi connectivity index (χ2v) is 12.6. The van der Waals surface area contributed by atoms with Crippen molar-refractivity contribution >= 4 is 17.4 Å². The van der Waals surface area contributed by atoms with Crippen molar-refractivity contribution in [3.05, 3.63) is 0 Å². The van der Waals surface area contributed by atoms with Crippen molar-refractivity contribution in [2.24, 2.45) is 29.1 Å². The molecule has 5 nitrogen and oxygen atoms in total. The van der Waals surface area contributed by atoms with E-state index in [0.717, 1.165) is 51.4 Å². The number of carbonyl (C=O) groups is 1. The number of aliphatic hydroxyl groups is 3. The summed E-state index contributed by atoms with van der Waals surface area (Å²) in [6.07, 6.45) is 7.66. The minimum Gasteiger partial charge on any atom is -0.393 e. The van der Waals surface area contributed by atoms with Gasteiger partial charge in [-0.1, -0.05) is 27.7 Å². The van der Waals surface area contributed by atoms with E-state index >= 15 is 0 Å². The number of rotatable bonds is 9. The highest BCUT2D eigenvalue weighted by atomic mass is 35.5. The largest absolute Gasteiger partial charge is 0.393 e. The number of carbonyl (C=O) groups excluding carboxylic acids is 1. The van der Waals surface area contributed by atoms with Crippen molar-refractivity contribution < 1.29 is 20.1 Å². The third-order valence-corrected chi connectivity index (χ3v) is 9.31. The van der Waals surface area contributed by atoms with Crippen molar-refractivity contribution in [3.8, 4) is 0 Å². The van der Waals surface area contributed by atoms with E-state index < -0.39 is 24.0 Å². The summed E-state index contributed by atoms with van der Waals surface area (Å²) in [6.45, 7) is 8.32. The predicted octanol–water partition coefficient (Wildman–Crippen LogP) is 4.39. The molecule has 0 heterocycles. The Kier molecular flexibility index (Phi) is 8.75. The third-order valence-electron chi connectivity index (χ3n) is 8.87. The first-order valence-corrected chi connectivity index (χ1v) is 13.4. The van der Waals surface area contributed by atoms with Gasteiger partial charge in [-0.3, -0.25) is 10.1 Å². The lowest BCUT2D eigenvalue weighted by Gasteiger charge is -2.49. The molecule has 4 N–H and O–H groups in total. The Balaban J connectivity index is 1.65. The molecule has 3 fully saturated rings. The molecule has 3 aliphatic carbocycles. The van der Waals surface area contributed by atoms with Gasteiger partial charge in [-0.25, -0.2) is 0 Å². The van der Waals surface area contributed by atoms with E-state index in [1.54, 1.807) is 0 Å². The van der Waals surface area contributed by atoms with Gasteiger partial charge < -0.3 is 15.3 Å². The van der Waals surface area contributed by atoms with Gasteiger partial charge in [0.1, 0.15) is 6.23 Å². The molecule has 4 unspecified atom stereocenters. The Labute approximate surface area is 199 Å². The number of aliphatic hydroxyl groups excluding tert-OH is 2. The quantitative estimate of drug-likeness (QED) is 0.227. The Bertz CT molecular complexity index is 629. The summed E-state index contributed by atoms with van der Waals surface area (Å²) in [5.41, 5.74) is -1.02. The maximum absolute atomic E-state index is 13.6. The minimum atomic E-state index is -0.883. The van der Waals surface area contributed by atoms with Crippen molar-refractivity contribution in [1.29, 1.82) is 0 Å². The molecule has 0 aromatic rings. The molecule has 0 spiro atoms. The van der Waals surface area contributed by atoms with E-state index in [9.17, 15) is 20.1 Å². The zero-order valence-electron chi connectivity index (χ0n) is 20.5. The molecule has 6 heteroatoms. The minimum absolute atomic E-state index is 0.0457. The van der Waals surface area contributed by atoms with Crippen molar-refractivity contribution in [3.63, 3.8) is 0 Å². The summed E-state index contributed by atoms with van der Waals surface area (Å²) < 4.78 is 0. The Hall–Kier alpha value is -0.200. The fourth-order valence-corrected chi connectivity index (χ4v) is 6.49. The highest BCUT2D eigenvalue weighted by Gasteiger charge is 2.51. The Morgan fingerprint density at radius 1 is 1.00 bits per heavy atom. The van der Waals surface area contributed by atoms with Crippen LogP contribution < -0.4 is 5.32 Å². The first-order chi connectivity index (χ1) is 14.9. The number of Topliss-reactive ketones (excluding diaryl/α,β-unsaturated/α-hetero) is 1. The maximum atomic E-state index is 13.6. The van der Waals surface area contributed by atoms with E-state index in [1.165, 1.54) is 0 Å². The number of halogens is 1. The summed E-state index contributed by atoms with van der Waals surface area (Å²) in [5, 5.41) is 35.9. The predicted molar refractivity (Wildman–Crippen MR) is 128 cm³/mol. The molecule has 0 saturated heterocycles. The van der Waals surface area contributed by atoms with Crippen molar-refractivity contribution in [2.75, 3.05) is 0 Å². The highest BCUT2D eigenvalue weighted by Crippen LogP contribution is 2.52. The first-order valence-electron chi connectivity index (χ1n) is 13.0. The summed E-state index contributed by atoms with van der Waals surface area (Å²) in [7, 11) is 0. The fourth-order valence-electron chi connectivity index (χ4n) is 6.23. The molecule has 0 aliphatic heterocycles. The molecule has 0 amide bonds. The standard InChI is InChI=1S/C26H46ClNO4/c1-16(2)23(28-22(30)15-21(29)17-5-6-17)24(31)18-11-13-25(3,4)26(32,14-12-18)19-7-9-20(27)10-8-19/h16-23,28-30,32H,5-15H2,1-4H3/t18?,19?,20?,21?,22?,23-,26?/m1/s1. The molecule has 32 heavy (non-hydrogen) atoms. The van der Waals surface area contributed by atoms with Gasteiger partial charge in [0.05, 0.1) is 17.7 Å². The van der Waals surface area contributed by atoms with Crippen molar-refractivity contribution in [2.45, 2.75) is 128 Å². The summed E-state index contributed by atoms with van der Waals surface area (Å²) in [5.74, 6) is 0.614. The number of nitrogens with one attached hydrogen (secondary N) is 1. The van der Waals surface area contributed by atoms with Crippen LogP contribution >= 0.6 is 11.6 Å². The van der Waals surface area contributed by atoms with Crippen LogP contribution in [0.2, 0.25) is 0 Å². The van der Waals surface area contributed by atoms with Crippen LogP contribution in [-0.2, 0) is 4.79 Å². The normalized spacial score (nSPS) is 36.3. The van der Waals surface area contributed by atoms with Gasteiger partial charge in [-0.05, 0) is 87.4 Å². The zero-order valence-corrected chi connectivity index (χ0v) is 21.3. The Morgan fingerprint density at radius 2 is 1.59 bits per heavy atom. The smallest absolute Gasteiger partial charge is 0.153 e. The van der Waals surface area contributed by atoms with Crippen LogP contribution in [0.5, 0.6) is 0 Å². The van der Waals surface area contributed by atoms with E-state index in [0.29, 0.717) is 18.8 Å². The van der Waals surface area contributed by atoms with E-state index in [-0.39, 0.29) is 40.7 Å². The highest BCUT2D eigenvalue weighted by molar-refractivity contribution is 6.20. The molecule has 0 radical (unpaired) electrons. The fraction of sp³-hybridized carbons (Fsp3) is 0.962. The van der Waals surface area contributed by atoms with Gasteiger partial charge in [0.2, 0.25) is 0 Å². The van der Waals surface area contributed by atoms with E-state index in [2.05, 4.69) is 19.2 Å². The lowest BCUT2D eigenvalue weighted by molar-refractivity contribution is -0.129. The van der Waals surface area contributed by atoms with Gasteiger partial charge in [0.25, 0.3) is 0 Å². The molecule has 3 saturated carbocycles. The average Bonchev–Trinajstić information content (AvgIpc) is 3.57. The monoisotopic (exact) mass is 471 g/mol. The van der Waals surface area contributed by atoms with E-state index in [1.807, 2.05) is 13.8 Å². The first kappa shape index (κ1) is 26.4. The second-order valence-electron chi connectivity index (χ2n) is 12.0. The lowest BCUT2D eigenvalue weighted by atomic mass is 9.61. The van der Waals surface area contributed by atoms with Crippen LogP contribution in [0, 0.1) is 29.1 Å². The van der Waals surface area contributed by atoms with Crippen LogP contribution in [0.1, 0.15) is 98.3 Å². The number of alkyl halides is 1. The van der Waals surface area contributed by atoms with Crippen LogP contribution in [-0.4, -0.2) is 50.5 Å². The van der Waals surface area contributed by atoms with Crippen molar-refractivity contribution in [1.82, 2.24) is 5.32 Å². The van der Waals surface area contributed by atoms with Gasteiger partial charge >= 0.3 is 0 Å². The van der Waals surface area contributed by atoms with Gasteiger partial charge in [-0.2, -0.15) is 0 Å². The second kappa shape index (κ2) is 10.6. The van der Waals surface area contributed by atoms with Gasteiger partial charge in [0, 0.05) is 17.7 Å². The lowest BCUT2D eigenvalue weighted by Crippen LogP contribution is -2.51. The molecule has 0 bridgehead atoms. The number of hydrogen-bond acceptors (Lipinski definition) is 5. The van der Waals surface area contributed by atoms with Crippen LogP contribution in [0.15, 0.2) is 0 Å². The molecular weight excluding hydrogens is 426 g/mol. The SMILES string of the molecule is CC(C)[C@@H](NC(O)CC(O)C1CC1)C(=O)C1CCC(C)(C)C(O)(C2CCC(Cl)CC2)CC1. The summed E-state index contributed by atoms with van der Waals surface area (Å²) >= 11 is 6.32. The summed E-state index contributed by atoms with van der Waals surface area (Å²) in [6, 6.07) is -0.442. The molecule has 3 aliphatic rings. The van der Waals surface area contributed by atoms with Crippen LogP contribution in [0.25, 0.3) is 0 Å². The summed E-state index contributed by atoms with van der Waals surface area (Å²) in [4.78, 5) is 13.6.